The van der Waals surface area contributed by atoms with Gasteiger partial charge in [0.25, 0.3) is 0 Å². The molecule has 0 aliphatic carbocycles. The molecule has 0 bridgehead atoms. The molecule has 0 fully saturated rings. The second kappa shape index (κ2) is 20.8. The van der Waals surface area contributed by atoms with Crippen LogP contribution in [0.2, 0.25) is 6.04 Å². The third-order valence-electron chi connectivity index (χ3n) is 8.28. The molecule has 0 spiro atoms. The Bertz CT molecular complexity index is 451. The first-order valence-corrected chi connectivity index (χ1v) is 20.6. The topological polar surface area (TPSA) is 27.7 Å². The fraction of sp³-hybridized carbons (Fsp3) is 1.00. The Morgan fingerprint density at radius 3 is 1.15 bits per heavy atom. The molecule has 0 saturated carbocycles. The van der Waals surface area contributed by atoms with Gasteiger partial charge in [0.05, 0.1) is 0 Å². The van der Waals surface area contributed by atoms with Gasteiger partial charge in [-0.2, -0.15) is 0 Å². The van der Waals surface area contributed by atoms with Crippen LogP contribution >= 0.6 is 17.2 Å². The van der Waals surface area contributed by atoms with Crippen molar-refractivity contribution < 1.29 is 13.3 Å². The van der Waals surface area contributed by atoms with E-state index in [1.54, 1.807) is 21.3 Å². The zero-order chi connectivity index (χ0) is 25.6. The van der Waals surface area contributed by atoms with Crippen LogP contribution in [-0.4, -0.2) is 54.8 Å². The Kier molecular flexibility index (Phi) is 21.3. The Hall–Kier alpha value is 0.817. The van der Waals surface area contributed by atoms with Crippen molar-refractivity contribution in [3.8, 4) is 0 Å². The zero-order valence-electron chi connectivity index (χ0n) is 24.1. The van der Waals surface area contributed by atoms with Crippen molar-refractivity contribution in [3.63, 3.8) is 0 Å². The van der Waals surface area contributed by atoms with Crippen LogP contribution < -0.4 is 0 Å². The molecular weight excluding hydrogens is 479 g/mol. The van der Waals surface area contributed by atoms with Crippen LogP contribution in [0.1, 0.15) is 130 Å². The van der Waals surface area contributed by atoms with Gasteiger partial charge in [-0.05, 0) is 0 Å². The number of unbranched alkanes of at least 4 members (excludes halogenated alkanes) is 15. The summed E-state index contributed by atoms with van der Waals surface area (Å²) in [7, 11) is 2.62. The molecule has 0 N–H and O–H groups in total. The molecule has 0 atom stereocenters. The molecule has 0 unspecified atom stereocenters. The van der Waals surface area contributed by atoms with Crippen molar-refractivity contribution in [1.82, 2.24) is 0 Å². The average Bonchev–Trinajstić information content (AvgIpc) is 2.87. The molecule has 0 rings (SSSR count). The average molecular weight is 541 g/mol. The van der Waals surface area contributed by atoms with Gasteiger partial charge < -0.3 is 0 Å². The summed E-state index contributed by atoms with van der Waals surface area (Å²) >= 11 is 7.51. The Morgan fingerprint density at radius 1 is 0.500 bits per heavy atom. The summed E-state index contributed by atoms with van der Waals surface area (Å²) < 4.78 is 16.8. The molecule has 0 aliphatic heterocycles. The van der Waals surface area contributed by atoms with E-state index in [4.69, 9.17) is 24.5 Å². The van der Waals surface area contributed by atoms with E-state index in [2.05, 4.69) is 20.8 Å². The Labute approximate surface area is 220 Å². The fourth-order valence-electron chi connectivity index (χ4n) is 5.27. The number of halogens is 1. The van der Waals surface area contributed by atoms with E-state index in [9.17, 15) is 0 Å². The van der Waals surface area contributed by atoms with Gasteiger partial charge in [0.2, 0.25) is 0 Å². The van der Waals surface area contributed by atoms with Crippen molar-refractivity contribution in [2.24, 2.45) is 0 Å². The van der Waals surface area contributed by atoms with Crippen molar-refractivity contribution in [3.05, 3.63) is 0 Å². The van der Waals surface area contributed by atoms with Crippen LogP contribution in [0.4, 0.5) is 0 Å². The summed E-state index contributed by atoms with van der Waals surface area (Å²) in [6, 6.07) is 0.861. The molecule has 208 valence electrons. The summed E-state index contributed by atoms with van der Waals surface area (Å²) in [5, 5.41) is 0. The third-order valence-corrected chi connectivity index (χ3v) is 19.6. The van der Waals surface area contributed by atoms with Gasteiger partial charge in [-0.25, -0.2) is 0 Å². The molecule has 0 radical (unpaired) electrons. The molecule has 6 heteroatoms. The summed E-state index contributed by atoms with van der Waals surface area (Å²) in [4.78, 5) is 0. The minimum atomic E-state index is -2.49. The van der Waals surface area contributed by atoms with Crippen LogP contribution in [-0.2, 0) is 13.3 Å². The summed E-state index contributed by atoms with van der Waals surface area (Å²) in [6.45, 7) is 6.92. The Morgan fingerprint density at radius 2 is 0.824 bits per heavy atom. The SMILES string of the molecule is CCCCCCCCCCCCCCCCCCP(Cl)(CC)(CC)CCC[Si](OC)(OC)OC. The van der Waals surface area contributed by atoms with E-state index in [-0.39, 0.29) is 0 Å². The molecule has 3 nitrogen and oxygen atoms in total. The molecule has 34 heavy (non-hydrogen) atoms. The van der Waals surface area contributed by atoms with Crippen molar-refractivity contribution >= 4 is 26.0 Å². The molecule has 0 aromatic rings. The normalized spacial score (nSPS) is 13.8. The number of hydrogen-bond donors (Lipinski definition) is 0. The quantitative estimate of drug-likeness (QED) is 0.0620. The van der Waals surface area contributed by atoms with Crippen LogP contribution in [0.3, 0.4) is 0 Å². The molecule has 0 aromatic heterocycles. The van der Waals surface area contributed by atoms with Crippen LogP contribution in [0.25, 0.3) is 0 Å². The summed E-state index contributed by atoms with van der Waals surface area (Å²) in [5.41, 5.74) is 0. The first-order chi connectivity index (χ1) is 16.4. The monoisotopic (exact) mass is 540 g/mol. The fourth-order valence-corrected chi connectivity index (χ4v) is 11.9. The molecule has 0 aromatic carbocycles. The van der Waals surface area contributed by atoms with Crippen LogP contribution in [0.5, 0.6) is 0 Å². The van der Waals surface area contributed by atoms with Crippen LogP contribution in [0, 0.1) is 0 Å². The summed E-state index contributed by atoms with van der Waals surface area (Å²) in [5.74, 6) is -2.15. The second-order valence-electron chi connectivity index (χ2n) is 10.6. The van der Waals surface area contributed by atoms with E-state index in [0.29, 0.717) is 0 Å². The summed E-state index contributed by atoms with van der Waals surface area (Å²) in [6.07, 6.45) is 28.3. The molecule has 0 aliphatic rings. The van der Waals surface area contributed by atoms with E-state index in [0.717, 1.165) is 31.0 Å². The predicted octanol–water partition coefficient (Wildman–Crippen LogP) is 10.3. The molecule has 0 heterocycles. The van der Waals surface area contributed by atoms with E-state index in [1.807, 2.05) is 0 Å². The zero-order valence-corrected chi connectivity index (χ0v) is 26.8. The van der Waals surface area contributed by atoms with Gasteiger partial charge >= 0.3 is 182 Å². The van der Waals surface area contributed by atoms with Crippen molar-refractivity contribution in [2.75, 3.05) is 46.0 Å². The van der Waals surface area contributed by atoms with Gasteiger partial charge in [-0.1, -0.05) is 39.0 Å². The number of rotatable bonds is 26. The molecule has 0 amide bonds. The van der Waals surface area contributed by atoms with Gasteiger partial charge in [-0.15, -0.1) is 0 Å². The van der Waals surface area contributed by atoms with Crippen LogP contribution in [0.15, 0.2) is 0 Å². The molecule has 0 saturated heterocycles. The third kappa shape index (κ3) is 15.2. The number of hydrogen-bond acceptors (Lipinski definition) is 3. The predicted molar refractivity (Wildman–Crippen MR) is 159 cm³/mol. The van der Waals surface area contributed by atoms with Gasteiger partial charge in [-0.3, -0.25) is 0 Å². The minimum absolute atomic E-state index is 0.861. The standard InChI is InChI=1S/C28H62ClO3PSi/c1-7-10-11-12-13-14-15-16-17-18-19-20-21-22-23-24-26-33(29,8-2,9-3)27-25-28-34(30-4,31-5)32-6/h7-28H2,1-6H3. The van der Waals surface area contributed by atoms with Crippen molar-refractivity contribution in [1.29, 1.82) is 0 Å². The van der Waals surface area contributed by atoms with E-state index >= 15 is 0 Å². The van der Waals surface area contributed by atoms with Gasteiger partial charge in [0.1, 0.15) is 0 Å². The first-order valence-electron chi connectivity index (χ1n) is 14.7. The maximum absolute atomic E-state index is 7.51. The van der Waals surface area contributed by atoms with E-state index in [1.165, 1.54) is 109 Å². The Balaban J connectivity index is 3.91. The maximum atomic E-state index is 7.51. The molecular formula is C28H62ClO3PSi. The second-order valence-corrected chi connectivity index (χ2v) is 22.4. The van der Waals surface area contributed by atoms with E-state index < -0.39 is 14.8 Å². The first kappa shape index (κ1) is 34.8. The van der Waals surface area contributed by atoms with Gasteiger partial charge in [0.15, 0.2) is 0 Å². The van der Waals surface area contributed by atoms with Gasteiger partial charge in [0, 0.05) is 0 Å². The van der Waals surface area contributed by atoms with Crippen molar-refractivity contribution in [2.45, 2.75) is 136 Å².